The largest absolute Gasteiger partial charge is 0.283 e. The minimum atomic E-state index is -3.50. The lowest BCUT2D eigenvalue weighted by Gasteiger charge is -2.02. The molecule has 0 atom stereocenters. The van der Waals surface area contributed by atoms with Crippen LogP contribution in [0.5, 0.6) is 0 Å². The van der Waals surface area contributed by atoms with Gasteiger partial charge in [0.05, 0.1) is 0 Å². The van der Waals surface area contributed by atoms with Gasteiger partial charge in [-0.15, -0.1) is 0 Å². The first kappa shape index (κ1) is 9.82. The number of pyridine rings is 1. The highest BCUT2D eigenvalue weighted by Gasteiger charge is 2.25. The van der Waals surface area contributed by atoms with Gasteiger partial charge in [0.15, 0.2) is 5.82 Å². The molecule has 0 radical (unpaired) electrons. The third-order valence-corrected chi connectivity index (χ3v) is 1.22. The Morgan fingerprint density at radius 3 is 1.85 bits per heavy atom. The van der Waals surface area contributed by atoms with E-state index in [1.165, 1.54) is 0 Å². The van der Waals surface area contributed by atoms with E-state index in [9.17, 15) is 26.3 Å². The van der Waals surface area contributed by atoms with E-state index in [0.717, 1.165) is 0 Å². The van der Waals surface area contributed by atoms with Crippen LogP contribution >= 0.6 is 0 Å². The number of hydrogen-bond acceptors (Lipinski definition) is 1. The van der Waals surface area contributed by atoms with Crippen LogP contribution in [0, 0.1) is 23.4 Å². The van der Waals surface area contributed by atoms with Crippen LogP contribution in [0.25, 0.3) is 0 Å². The topological polar surface area (TPSA) is 12.9 Å². The molecule has 1 rings (SSSR count). The standard InChI is InChI=1S/C6HF6N/c7-1-2(8)4(5(10)11)13-6(12)3(1)9/h5H. The number of nitrogens with zero attached hydrogens (tertiary/aromatic N) is 1. The van der Waals surface area contributed by atoms with E-state index < -0.39 is 35.5 Å². The average Bonchev–Trinajstić information content (AvgIpc) is 2.07. The number of alkyl halides is 2. The molecular formula is C6HF6N. The van der Waals surface area contributed by atoms with Crippen molar-refractivity contribution in [1.29, 1.82) is 0 Å². The minimum Gasteiger partial charge on any atom is -0.213 e. The molecule has 1 nitrogen and oxygen atoms in total. The Labute approximate surface area is 68.0 Å². The zero-order valence-corrected chi connectivity index (χ0v) is 5.79. The van der Waals surface area contributed by atoms with Crippen molar-refractivity contribution in [3.05, 3.63) is 29.1 Å². The van der Waals surface area contributed by atoms with Gasteiger partial charge in [0.2, 0.25) is 11.6 Å². The molecule has 1 heterocycles. The first-order valence-corrected chi connectivity index (χ1v) is 2.93. The Morgan fingerprint density at radius 2 is 1.38 bits per heavy atom. The summed E-state index contributed by atoms with van der Waals surface area (Å²) in [6, 6.07) is 0. The van der Waals surface area contributed by atoms with Gasteiger partial charge >= 0.3 is 0 Å². The first-order valence-electron chi connectivity index (χ1n) is 2.93. The number of aromatic nitrogens is 1. The molecule has 0 saturated carbocycles. The highest BCUT2D eigenvalue weighted by molar-refractivity contribution is 5.13. The molecule has 0 saturated heterocycles. The van der Waals surface area contributed by atoms with E-state index in [1.807, 2.05) is 0 Å². The first-order chi connectivity index (χ1) is 5.95. The summed E-state index contributed by atoms with van der Waals surface area (Å²) in [6.45, 7) is 0. The SMILES string of the molecule is Fc1nc(C(F)F)c(F)c(F)c1F. The normalized spacial score (nSPS) is 11.0. The number of hydrogen-bond donors (Lipinski definition) is 0. The Balaban J connectivity index is 3.41. The predicted octanol–water partition coefficient (Wildman–Crippen LogP) is 2.58. The van der Waals surface area contributed by atoms with Crippen LogP contribution in [0.4, 0.5) is 26.3 Å². The van der Waals surface area contributed by atoms with Gasteiger partial charge in [-0.05, 0) is 0 Å². The van der Waals surface area contributed by atoms with E-state index in [0.29, 0.717) is 0 Å². The second-order valence-electron chi connectivity index (χ2n) is 2.03. The van der Waals surface area contributed by atoms with Gasteiger partial charge in [0, 0.05) is 0 Å². The Kier molecular flexibility index (Phi) is 2.44. The van der Waals surface area contributed by atoms with Crippen molar-refractivity contribution in [3.63, 3.8) is 0 Å². The maximum Gasteiger partial charge on any atom is 0.283 e. The van der Waals surface area contributed by atoms with Crippen LogP contribution in [-0.4, -0.2) is 4.98 Å². The van der Waals surface area contributed by atoms with Crippen LogP contribution in [0.15, 0.2) is 0 Å². The summed E-state index contributed by atoms with van der Waals surface area (Å²) in [7, 11) is 0. The maximum atomic E-state index is 12.4. The zero-order valence-electron chi connectivity index (χ0n) is 5.79. The van der Waals surface area contributed by atoms with Crippen LogP contribution in [0.2, 0.25) is 0 Å². The molecule has 0 aliphatic carbocycles. The molecule has 1 aromatic heterocycles. The van der Waals surface area contributed by atoms with Crippen molar-refractivity contribution in [3.8, 4) is 0 Å². The summed E-state index contributed by atoms with van der Waals surface area (Å²) < 4.78 is 72.4. The smallest absolute Gasteiger partial charge is 0.213 e. The summed E-state index contributed by atoms with van der Waals surface area (Å²) in [4.78, 5) is 2.23. The fraction of sp³-hybridized carbons (Fsp3) is 0.167. The minimum absolute atomic E-state index is 1.74. The lowest BCUT2D eigenvalue weighted by atomic mass is 10.3. The third-order valence-electron chi connectivity index (χ3n) is 1.22. The molecule has 7 heteroatoms. The van der Waals surface area contributed by atoms with E-state index in [2.05, 4.69) is 4.98 Å². The highest BCUT2D eigenvalue weighted by atomic mass is 19.3. The molecule has 0 aliphatic rings. The second kappa shape index (κ2) is 3.23. The quantitative estimate of drug-likeness (QED) is 0.502. The van der Waals surface area contributed by atoms with Crippen molar-refractivity contribution in [2.45, 2.75) is 6.43 Å². The summed E-state index contributed by atoms with van der Waals surface area (Å²) >= 11 is 0. The van der Waals surface area contributed by atoms with Crippen LogP contribution < -0.4 is 0 Å². The summed E-state index contributed by atoms with van der Waals surface area (Å²) in [6.07, 6.45) is -3.50. The van der Waals surface area contributed by atoms with Crippen molar-refractivity contribution in [1.82, 2.24) is 4.98 Å². The maximum absolute atomic E-state index is 12.4. The van der Waals surface area contributed by atoms with Crippen LogP contribution in [-0.2, 0) is 0 Å². The molecule has 72 valence electrons. The summed E-state index contributed by atoms with van der Waals surface area (Å²) in [5.74, 6) is -8.76. The van der Waals surface area contributed by atoms with Crippen molar-refractivity contribution < 1.29 is 26.3 Å². The third kappa shape index (κ3) is 1.58. The number of halogens is 6. The summed E-state index contributed by atoms with van der Waals surface area (Å²) in [5.41, 5.74) is -1.74. The lowest BCUT2D eigenvalue weighted by molar-refractivity contribution is 0.136. The molecular weight excluding hydrogens is 200 g/mol. The lowest BCUT2D eigenvalue weighted by Crippen LogP contribution is -2.06. The molecule has 0 N–H and O–H groups in total. The van der Waals surface area contributed by atoms with Gasteiger partial charge in [0.25, 0.3) is 12.4 Å². The fourth-order valence-electron chi connectivity index (χ4n) is 0.648. The van der Waals surface area contributed by atoms with E-state index in [4.69, 9.17) is 0 Å². The van der Waals surface area contributed by atoms with Gasteiger partial charge in [-0.1, -0.05) is 0 Å². The second-order valence-corrected chi connectivity index (χ2v) is 2.03. The molecule has 0 bridgehead atoms. The van der Waals surface area contributed by atoms with Gasteiger partial charge in [0.1, 0.15) is 5.69 Å². The molecule has 0 unspecified atom stereocenters. The van der Waals surface area contributed by atoms with E-state index in [-0.39, 0.29) is 0 Å². The zero-order chi connectivity index (χ0) is 10.2. The Morgan fingerprint density at radius 1 is 0.846 bits per heavy atom. The van der Waals surface area contributed by atoms with Gasteiger partial charge < -0.3 is 0 Å². The van der Waals surface area contributed by atoms with Crippen molar-refractivity contribution in [2.75, 3.05) is 0 Å². The van der Waals surface area contributed by atoms with Crippen LogP contribution in [0.1, 0.15) is 12.1 Å². The van der Waals surface area contributed by atoms with E-state index in [1.54, 1.807) is 0 Å². The Bertz CT molecular complexity index is 336. The molecule has 0 aliphatic heterocycles. The molecule has 0 fully saturated rings. The van der Waals surface area contributed by atoms with Gasteiger partial charge in [-0.25, -0.2) is 22.5 Å². The molecule has 0 amide bonds. The van der Waals surface area contributed by atoms with Crippen LogP contribution in [0.3, 0.4) is 0 Å². The van der Waals surface area contributed by atoms with E-state index >= 15 is 0 Å². The number of rotatable bonds is 1. The Hall–Kier alpha value is -1.27. The van der Waals surface area contributed by atoms with Crippen molar-refractivity contribution >= 4 is 0 Å². The predicted molar refractivity (Wildman–Crippen MR) is 29.0 cm³/mol. The monoisotopic (exact) mass is 201 g/mol. The summed E-state index contributed by atoms with van der Waals surface area (Å²) in [5, 5.41) is 0. The molecule has 0 spiro atoms. The van der Waals surface area contributed by atoms with Gasteiger partial charge in [-0.2, -0.15) is 8.78 Å². The molecule has 13 heavy (non-hydrogen) atoms. The average molecular weight is 201 g/mol. The fourth-order valence-corrected chi connectivity index (χ4v) is 0.648. The van der Waals surface area contributed by atoms with Crippen molar-refractivity contribution in [2.24, 2.45) is 0 Å². The highest BCUT2D eigenvalue weighted by Crippen LogP contribution is 2.23. The van der Waals surface area contributed by atoms with Gasteiger partial charge in [-0.3, -0.25) is 0 Å². The molecule has 1 aromatic rings. The molecule has 0 aromatic carbocycles.